The molecule has 19 heavy (non-hydrogen) atoms. The van der Waals surface area contributed by atoms with E-state index in [1.54, 1.807) is 18.0 Å². The molecule has 1 aromatic heterocycles. The molecular weight excluding hydrogens is 308 g/mol. The van der Waals surface area contributed by atoms with Crippen LogP contribution in [0.3, 0.4) is 0 Å². The maximum atomic E-state index is 12.3. The number of hydrogen-bond acceptors (Lipinski definition) is 3. The molecule has 0 aliphatic heterocycles. The molecular formula is C14H15BrN2O2. The van der Waals surface area contributed by atoms with Crippen LogP contribution in [0.4, 0.5) is 0 Å². The number of hydrogen-bond donors (Lipinski definition) is 0. The minimum Gasteiger partial charge on any atom is -0.496 e. The lowest BCUT2D eigenvalue weighted by molar-refractivity contribution is 0.0991. The molecule has 0 saturated carbocycles. The number of nitrogens with zero attached hydrogens (tertiary/aromatic N) is 2. The summed E-state index contributed by atoms with van der Waals surface area (Å²) in [5.74, 6) is 0.764. The van der Waals surface area contributed by atoms with Gasteiger partial charge in [0.1, 0.15) is 5.75 Å². The number of carbonyl (C=O) groups is 1. The van der Waals surface area contributed by atoms with Crippen molar-refractivity contribution in [1.82, 2.24) is 9.78 Å². The highest BCUT2D eigenvalue weighted by molar-refractivity contribution is 9.10. The van der Waals surface area contributed by atoms with Gasteiger partial charge in [0, 0.05) is 29.2 Å². The molecule has 0 aliphatic carbocycles. The molecule has 1 aromatic carbocycles. The number of benzene rings is 1. The highest BCUT2D eigenvalue weighted by Crippen LogP contribution is 2.24. The van der Waals surface area contributed by atoms with E-state index >= 15 is 0 Å². The fraction of sp³-hybridized carbons (Fsp3) is 0.286. The van der Waals surface area contributed by atoms with Crippen molar-refractivity contribution in [2.45, 2.75) is 13.3 Å². The highest BCUT2D eigenvalue weighted by Gasteiger charge is 2.15. The Labute approximate surface area is 120 Å². The van der Waals surface area contributed by atoms with Gasteiger partial charge in [0.25, 0.3) is 0 Å². The minimum atomic E-state index is 0.0435. The Morgan fingerprint density at radius 1 is 1.47 bits per heavy atom. The zero-order valence-electron chi connectivity index (χ0n) is 11.1. The number of halogens is 1. The molecule has 1 heterocycles. The van der Waals surface area contributed by atoms with Gasteiger partial charge in [0.05, 0.1) is 18.9 Å². The van der Waals surface area contributed by atoms with Gasteiger partial charge in [-0.15, -0.1) is 0 Å². The first-order valence-corrected chi connectivity index (χ1v) is 6.66. The molecule has 0 spiro atoms. The summed E-state index contributed by atoms with van der Waals surface area (Å²) < 4.78 is 7.91. The van der Waals surface area contributed by atoms with E-state index in [-0.39, 0.29) is 5.78 Å². The van der Waals surface area contributed by atoms with Crippen LogP contribution in [0.25, 0.3) is 0 Å². The molecule has 0 fully saturated rings. The number of Topliss-reactive ketones (excluding diaryl/α,β-unsaturated/α-hetero) is 1. The Morgan fingerprint density at radius 3 is 2.79 bits per heavy atom. The largest absolute Gasteiger partial charge is 0.496 e. The van der Waals surface area contributed by atoms with Gasteiger partial charge in [-0.3, -0.25) is 9.48 Å². The van der Waals surface area contributed by atoms with Crippen molar-refractivity contribution >= 4 is 21.7 Å². The summed E-state index contributed by atoms with van der Waals surface area (Å²) in [6.45, 7) is 1.89. The third kappa shape index (κ3) is 2.87. The summed E-state index contributed by atoms with van der Waals surface area (Å²) in [5.41, 5.74) is 2.40. The topological polar surface area (TPSA) is 44.1 Å². The van der Waals surface area contributed by atoms with Crippen molar-refractivity contribution in [2.75, 3.05) is 7.11 Å². The van der Waals surface area contributed by atoms with Gasteiger partial charge in [0.2, 0.25) is 0 Å². The number of ether oxygens (including phenoxy) is 1. The first-order valence-electron chi connectivity index (χ1n) is 5.87. The van der Waals surface area contributed by atoms with Crippen LogP contribution in [0.15, 0.2) is 28.9 Å². The molecule has 0 atom stereocenters. The number of rotatable bonds is 4. The van der Waals surface area contributed by atoms with Gasteiger partial charge >= 0.3 is 0 Å². The van der Waals surface area contributed by atoms with Crippen molar-refractivity contribution < 1.29 is 9.53 Å². The Bertz CT molecular complexity index is 620. The van der Waals surface area contributed by atoms with E-state index in [9.17, 15) is 4.79 Å². The van der Waals surface area contributed by atoms with Gasteiger partial charge in [-0.25, -0.2) is 0 Å². The van der Waals surface area contributed by atoms with E-state index in [0.717, 1.165) is 21.5 Å². The summed E-state index contributed by atoms with van der Waals surface area (Å²) in [6.07, 6.45) is 1.91. The van der Waals surface area contributed by atoms with Crippen LogP contribution < -0.4 is 4.74 Å². The fourth-order valence-corrected chi connectivity index (χ4v) is 2.33. The van der Waals surface area contributed by atoms with Crippen molar-refractivity contribution in [3.05, 3.63) is 45.7 Å². The summed E-state index contributed by atoms with van der Waals surface area (Å²) >= 11 is 3.41. The minimum absolute atomic E-state index is 0.0435. The van der Waals surface area contributed by atoms with E-state index in [1.807, 2.05) is 32.2 Å². The Kier molecular flexibility index (Phi) is 4.04. The monoisotopic (exact) mass is 322 g/mol. The first kappa shape index (κ1) is 13.8. The number of ketones is 1. The normalized spacial score (nSPS) is 10.5. The highest BCUT2D eigenvalue weighted by atomic mass is 79.9. The lowest BCUT2D eigenvalue weighted by atomic mass is 10.0. The van der Waals surface area contributed by atoms with Gasteiger partial charge in [-0.1, -0.05) is 15.9 Å². The number of aromatic nitrogens is 2. The van der Waals surface area contributed by atoms with E-state index < -0.39 is 0 Å². The lowest BCUT2D eigenvalue weighted by Gasteiger charge is -2.08. The average molecular weight is 323 g/mol. The van der Waals surface area contributed by atoms with Crippen LogP contribution in [0.2, 0.25) is 0 Å². The van der Waals surface area contributed by atoms with Gasteiger partial charge in [0.15, 0.2) is 5.78 Å². The predicted octanol–water partition coefficient (Wildman–Crippen LogP) is 2.93. The molecule has 2 rings (SSSR count). The van der Waals surface area contributed by atoms with Gasteiger partial charge in [-0.2, -0.15) is 5.10 Å². The molecule has 4 nitrogen and oxygen atoms in total. The molecule has 100 valence electrons. The zero-order valence-corrected chi connectivity index (χ0v) is 12.7. The van der Waals surface area contributed by atoms with Crippen molar-refractivity contribution in [2.24, 2.45) is 7.05 Å². The van der Waals surface area contributed by atoms with Gasteiger partial charge in [-0.05, 0) is 25.1 Å². The molecule has 2 aromatic rings. The molecule has 0 saturated heterocycles. The third-order valence-corrected chi connectivity index (χ3v) is 3.62. The quantitative estimate of drug-likeness (QED) is 0.813. The molecule has 5 heteroatoms. The number of carbonyl (C=O) groups excluding carboxylic acids is 1. The SMILES string of the molecule is COc1ccc(Br)cc1CC(=O)c1cnn(C)c1C. The van der Waals surface area contributed by atoms with E-state index in [2.05, 4.69) is 21.0 Å². The molecule has 0 bridgehead atoms. The third-order valence-electron chi connectivity index (χ3n) is 3.13. The number of aryl methyl sites for hydroxylation is 1. The van der Waals surface area contributed by atoms with Crippen LogP contribution in [0.5, 0.6) is 5.75 Å². The van der Waals surface area contributed by atoms with Crippen LogP contribution in [-0.2, 0) is 13.5 Å². The molecule has 0 aliphatic rings. The first-order chi connectivity index (χ1) is 9.02. The summed E-state index contributed by atoms with van der Waals surface area (Å²) in [4.78, 5) is 12.3. The van der Waals surface area contributed by atoms with Crippen molar-refractivity contribution in [3.63, 3.8) is 0 Å². The molecule has 0 N–H and O–H groups in total. The van der Waals surface area contributed by atoms with Crippen LogP contribution in [-0.4, -0.2) is 22.7 Å². The number of methoxy groups -OCH3 is 1. The van der Waals surface area contributed by atoms with Crippen molar-refractivity contribution in [3.8, 4) is 5.75 Å². The fourth-order valence-electron chi connectivity index (χ4n) is 1.93. The van der Waals surface area contributed by atoms with E-state index in [1.165, 1.54) is 0 Å². The smallest absolute Gasteiger partial charge is 0.170 e. The maximum absolute atomic E-state index is 12.3. The summed E-state index contributed by atoms with van der Waals surface area (Å²) in [6, 6.07) is 5.65. The zero-order chi connectivity index (χ0) is 14.0. The second-order valence-corrected chi connectivity index (χ2v) is 5.24. The Hall–Kier alpha value is -1.62. The van der Waals surface area contributed by atoms with Crippen LogP contribution >= 0.6 is 15.9 Å². The van der Waals surface area contributed by atoms with Crippen molar-refractivity contribution in [1.29, 1.82) is 0 Å². The second kappa shape index (κ2) is 5.57. The molecule has 0 unspecified atom stereocenters. The molecule has 0 amide bonds. The van der Waals surface area contributed by atoms with E-state index in [4.69, 9.17) is 4.74 Å². The second-order valence-electron chi connectivity index (χ2n) is 4.32. The lowest BCUT2D eigenvalue weighted by Crippen LogP contribution is -2.06. The van der Waals surface area contributed by atoms with Crippen LogP contribution in [0.1, 0.15) is 21.6 Å². The Morgan fingerprint density at radius 2 is 2.21 bits per heavy atom. The standard InChI is InChI=1S/C14H15BrN2O2/c1-9-12(8-16-17(9)2)13(18)7-10-6-11(15)4-5-14(10)19-3/h4-6,8H,7H2,1-3H3. The summed E-state index contributed by atoms with van der Waals surface area (Å²) in [7, 11) is 3.43. The average Bonchev–Trinajstić information content (AvgIpc) is 2.70. The van der Waals surface area contributed by atoms with Gasteiger partial charge < -0.3 is 4.74 Å². The van der Waals surface area contributed by atoms with E-state index in [0.29, 0.717) is 12.0 Å². The van der Waals surface area contributed by atoms with Crippen LogP contribution in [0, 0.1) is 6.92 Å². The summed E-state index contributed by atoms with van der Waals surface area (Å²) in [5, 5.41) is 4.09. The Balaban J connectivity index is 2.28. The predicted molar refractivity (Wildman–Crippen MR) is 76.7 cm³/mol. The molecule has 0 radical (unpaired) electrons. The maximum Gasteiger partial charge on any atom is 0.170 e.